The monoisotopic (exact) mass is 243 g/mol. The minimum Gasteiger partial charge on any atom is -0.399 e. The Morgan fingerprint density at radius 2 is 1.67 bits per heavy atom. The smallest absolute Gasteiger partial charge is 0.243 e. The quantitative estimate of drug-likeness (QED) is 0.810. The summed E-state index contributed by atoms with van der Waals surface area (Å²) in [4.78, 5) is 11.9. The highest BCUT2D eigenvalue weighted by Crippen LogP contribution is 2.08. The summed E-state index contributed by atoms with van der Waals surface area (Å²) in [6.45, 7) is 3.91. The van der Waals surface area contributed by atoms with Gasteiger partial charge in [-0.15, -0.1) is 0 Å². The molecule has 0 spiro atoms. The van der Waals surface area contributed by atoms with Gasteiger partial charge in [-0.2, -0.15) is 0 Å². The highest BCUT2D eigenvalue weighted by atomic mass is 16.2. The molecule has 0 aliphatic heterocycles. The van der Waals surface area contributed by atoms with E-state index in [9.17, 15) is 4.79 Å². The van der Waals surface area contributed by atoms with Gasteiger partial charge in [0.05, 0.1) is 6.42 Å². The molecule has 2 aromatic rings. The summed E-state index contributed by atoms with van der Waals surface area (Å²) < 4.78 is 1.79. The number of benzene rings is 1. The number of aryl methyl sites for hydroxylation is 2. The number of amides is 1. The van der Waals surface area contributed by atoms with Gasteiger partial charge in [-0.1, -0.05) is 12.1 Å². The fourth-order valence-corrected chi connectivity index (χ4v) is 1.83. The van der Waals surface area contributed by atoms with Gasteiger partial charge >= 0.3 is 0 Å². The van der Waals surface area contributed by atoms with Gasteiger partial charge < -0.3 is 5.73 Å². The van der Waals surface area contributed by atoms with Gasteiger partial charge in [0.15, 0.2) is 0 Å². The van der Waals surface area contributed by atoms with E-state index < -0.39 is 0 Å². The number of carbonyl (C=O) groups is 1. The van der Waals surface area contributed by atoms with Crippen LogP contribution < -0.4 is 11.2 Å². The molecule has 0 saturated heterocycles. The van der Waals surface area contributed by atoms with E-state index in [4.69, 9.17) is 5.73 Å². The van der Waals surface area contributed by atoms with Crippen molar-refractivity contribution in [3.8, 4) is 0 Å². The number of nitrogens with two attached hydrogens (primary N) is 1. The standard InChI is InChI=1S/C14H17N3O/c1-10-3-4-11(2)17(10)16-14(18)9-12-5-7-13(15)8-6-12/h3-8H,9,15H2,1-2H3,(H,16,18). The maximum Gasteiger partial charge on any atom is 0.243 e. The zero-order valence-corrected chi connectivity index (χ0v) is 10.6. The molecule has 18 heavy (non-hydrogen) atoms. The molecule has 1 heterocycles. The molecular formula is C14H17N3O. The molecule has 1 aromatic carbocycles. The molecule has 4 heteroatoms. The van der Waals surface area contributed by atoms with Crippen LogP contribution in [-0.4, -0.2) is 10.6 Å². The lowest BCUT2D eigenvalue weighted by Crippen LogP contribution is -2.26. The van der Waals surface area contributed by atoms with Crippen molar-refractivity contribution in [3.05, 3.63) is 53.3 Å². The summed E-state index contributed by atoms with van der Waals surface area (Å²) in [5, 5.41) is 0. The van der Waals surface area contributed by atoms with E-state index in [2.05, 4.69) is 5.43 Å². The molecule has 4 nitrogen and oxygen atoms in total. The molecule has 0 radical (unpaired) electrons. The van der Waals surface area contributed by atoms with Crippen LogP contribution in [0.15, 0.2) is 36.4 Å². The zero-order valence-electron chi connectivity index (χ0n) is 10.6. The largest absolute Gasteiger partial charge is 0.399 e. The van der Waals surface area contributed by atoms with Crippen molar-refractivity contribution in [3.63, 3.8) is 0 Å². The van der Waals surface area contributed by atoms with Crippen LogP contribution in [0.5, 0.6) is 0 Å². The third-order valence-corrected chi connectivity index (χ3v) is 2.85. The fourth-order valence-electron chi connectivity index (χ4n) is 1.83. The third-order valence-electron chi connectivity index (χ3n) is 2.85. The Kier molecular flexibility index (Phi) is 3.37. The number of rotatable bonds is 3. The van der Waals surface area contributed by atoms with Crippen molar-refractivity contribution in [2.75, 3.05) is 11.2 Å². The maximum atomic E-state index is 11.9. The summed E-state index contributed by atoms with van der Waals surface area (Å²) in [6.07, 6.45) is 0.345. The average Bonchev–Trinajstić information content (AvgIpc) is 2.64. The molecule has 0 bridgehead atoms. The van der Waals surface area contributed by atoms with Crippen LogP contribution in [0.4, 0.5) is 5.69 Å². The molecule has 0 aliphatic carbocycles. The molecule has 0 unspecified atom stereocenters. The van der Waals surface area contributed by atoms with Gasteiger partial charge in [-0.25, -0.2) is 0 Å². The van der Waals surface area contributed by atoms with Crippen LogP contribution in [-0.2, 0) is 11.2 Å². The molecule has 0 fully saturated rings. The number of nitrogens with one attached hydrogen (secondary N) is 1. The SMILES string of the molecule is Cc1ccc(C)n1NC(=O)Cc1ccc(N)cc1. The number of carbonyl (C=O) groups excluding carboxylic acids is 1. The van der Waals surface area contributed by atoms with Crippen molar-refractivity contribution in [1.82, 2.24) is 4.68 Å². The second-order valence-corrected chi connectivity index (χ2v) is 4.40. The highest BCUT2D eigenvalue weighted by molar-refractivity contribution is 5.86. The molecule has 2 rings (SSSR count). The van der Waals surface area contributed by atoms with Gasteiger partial charge in [0.1, 0.15) is 0 Å². The Bertz CT molecular complexity index is 535. The Balaban J connectivity index is 2.03. The summed E-state index contributed by atoms with van der Waals surface area (Å²) in [5.74, 6) is -0.0397. The van der Waals surface area contributed by atoms with Crippen molar-refractivity contribution in [2.24, 2.45) is 0 Å². The Morgan fingerprint density at radius 1 is 1.11 bits per heavy atom. The van der Waals surface area contributed by atoms with Crippen molar-refractivity contribution in [2.45, 2.75) is 20.3 Å². The lowest BCUT2D eigenvalue weighted by atomic mass is 10.1. The molecule has 0 aliphatic rings. The summed E-state index contributed by atoms with van der Waals surface area (Å²) >= 11 is 0. The topological polar surface area (TPSA) is 60.0 Å². The average molecular weight is 243 g/mol. The van der Waals surface area contributed by atoms with Crippen molar-refractivity contribution >= 4 is 11.6 Å². The van der Waals surface area contributed by atoms with Crippen LogP contribution >= 0.6 is 0 Å². The van der Waals surface area contributed by atoms with E-state index in [0.717, 1.165) is 17.0 Å². The molecule has 1 amide bonds. The lowest BCUT2D eigenvalue weighted by molar-refractivity contribution is -0.116. The zero-order chi connectivity index (χ0) is 13.1. The van der Waals surface area contributed by atoms with E-state index in [0.29, 0.717) is 12.1 Å². The predicted molar refractivity (Wildman–Crippen MR) is 72.8 cm³/mol. The molecule has 1 aromatic heterocycles. The van der Waals surface area contributed by atoms with E-state index in [1.165, 1.54) is 0 Å². The number of aromatic nitrogens is 1. The number of hydrogen-bond donors (Lipinski definition) is 2. The van der Waals surface area contributed by atoms with Crippen molar-refractivity contribution < 1.29 is 4.79 Å². The van der Waals surface area contributed by atoms with Gasteiger partial charge in [-0.05, 0) is 43.7 Å². The van der Waals surface area contributed by atoms with Crippen LogP contribution in [0.3, 0.4) is 0 Å². The van der Waals surface area contributed by atoms with E-state index in [-0.39, 0.29) is 5.91 Å². The lowest BCUT2D eigenvalue weighted by Gasteiger charge is -2.11. The third kappa shape index (κ3) is 2.71. The second kappa shape index (κ2) is 4.96. The maximum absolute atomic E-state index is 11.9. The first kappa shape index (κ1) is 12.2. The summed E-state index contributed by atoms with van der Waals surface area (Å²) in [6, 6.07) is 11.3. The summed E-state index contributed by atoms with van der Waals surface area (Å²) in [7, 11) is 0. The van der Waals surface area contributed by atoms with Crippen LogP contribution in [0, 0.1) is 13.8 Å². The van der Waals surface area contributed by atoms with E-state index in [1.54, 1.807) is 16.8 Å². The molecule has 94 valence electrons. The molecular weight excluding hydrogens is 226 g/mol. The molecule has 0 atom stereocenters. The number of hydrogen-bond acceptors (Lipinski definition) is 2. The van der Waals surface area contributed by atoms with E-state index in [1.807, 2.05) is 38.1 Å². The van der Waals surface area contributed by atoms with Crippen LogP contribution in [0.25, 0.3) is 0 Å². The normalized spacial score (nSPS) is 10.3. The van der Waals surface area contributed by atoms with Crippen LogP contribution in [0.1, 0.15) is 17.0 Å². The molecule has 0 saturated carbocycles. The Morgan fingerprint density at radius 3 is 2.22 bits per heavy atom. The van der Waals surface area contributed by atoms with Gasteiger partial charge in [0.25, 0.3) is 0 Å². The Hall–Kier alpha value is -2.23. The predicted octanol–water partition coefficient (Wildman–Crippen LogP) is 2.00. The Labute approximate surface area is 106 Å². The number of anilines is 1. The van der Waals surface area contributed by atoms with Gasteiger partial charge in [0, 0.05) is 17.1 Å². The molecule has 3 N–H and O–H groups in total. The van der Waals surface area contributed by atoms with Crippen molar-refractivity contribution in [1.29, 1.82) is 0 Å². The fraction of sp³-hybridized carbons (Fsp3) is 0.214. The second-order valence-electron chi connectivity index (χ2n) is 4.40. The highest BCUT2D eigenvalue weighted by Gasteiger charge is 2.06. The number of nitrogen functional groups attached to an aromatic ring is 1. The minimum absolute atomic E-state index is 0.0397. The van der Waals surface area contributed by atoms with Gasteiger partial charge in [0.2, 0.25) is 5.91 Å². The number of nitrogens with zero attached hydrogens (tertiary/aromatic N) is 1. The first-order valence-corrected chi connectivity index (χ1v) is 5.85. The van der Waals surface area contributed by atoms with Crippen LogP contribution in [0.2, 0.25) is 0 Å². The first-order chi connectivity index (χ1) is 8.56. The summed E-state index contributed by atoms with van der Waals surface area (Å²) in [5.41, 5.74) is 12.1. The first-order valence-electron chi connectivity index (χ1n) is 5.85. The minimum atomic E-state index is -0.0397. The van der Waals surface area contributed by atoms with E-state index >= 15 is 0 Å². The van der Waals surface area contributed by atoms with Gasteiger partial charge in [-0.3, -0.25) is 14.9 Å².